The van der Waals surface area contributed by atoms with Crippen LogP contribution in [0.2, 0.25) is 10.0 Å². The molecule has 6 nitrogen and oxygen atoms in total. The van der Waals surface area contributed by atoms with Gasteiger partial charge < -0.3 is 20.1 Å². The van der Waals surface area contributed by atoms with E-state index >= 15 is 0 Å². The van der Waals surface area contributed by atoms with E-state index in [9.17, 15) is 9.59 Å². The highest BCUT2D eigenvalue weighted by molar-refractivity contribution is 6.44. The highest BCUT2D eigenvalue weighted by atomic mass is 35.5. The predicted octanol–water partition coefficient (Wildman–Crippen LogP) is 3.59. The van der Waals surface area contributed by atoms with Crippen LogP contribution in [0.1, 0.15) is 0 Å². The molecule has 0 bridgehead atoms. The smallest absolute Gasteiger partial charge is 0.314 e. The van der Waals surface area contributed by atoms with Gasteiger partial charge in [-0.25, -0.2) is 0 Å². The summed E-state index contributed by atoms with van der Waals surface area (Å²) in [4.78, 5) is 23.9. The third-order valence-electron chi connectivity index (χ3n) is 3.03. The quantitative estimate of drug-likeness (QED) is 0.808. The fraction of sp³-hybridized carbons (Fsp3) is 0.125. The number of methoxy groups -OCH3 is 2. The minimum absolute atomic E-state index is 0.273. The first-order valence-corrected chi connectivity index (χ1v) is 7.49. The number of halogens is 2. The number of benzene rings is 2. The molecule has 0 aliphatic rings. The average Bonchev–Trinajstić information content (AvgIpc) is 2.57. The van der Waals surface area contributed by atoms with Crippen molar-refractivity contribution in [1.82, 2.24) is 0 Å². The first-order valence-electron chi connectivity index (χ1n) is 6.74. The predicted molar refractivity (Wildman–Crippen MR) is 93.3 cm³/mol. The molecule has 2 aromatic carbocycles. The Hall–Kier alpha value is -2.44. The SMILES string of the molecule is COc1ccc(NC(=O)C(=O)Nc2ccc(Cl)c(Cl)c2)cc1OC. The molecule has 0 heterocycles. The Balaban J connectivity index is 2.06. The molecule has 0 fully saturated rings. The number of anilines is 2. The molecule has 0 saturated carbocycles. The van der Waals surface area contributed by atoms with Gasteiger partial charge in [-0.2, -0.15) is 0 Å². The number of amides is 2. The van der Waals surface area contributed by atoms with E-state index < -0.39 is 11.8 Å². The molecule has 0 atom stereocenters. The van der Waals surface area contributed by atoms with E-state index in [4.69, 9.17) is 32.7 Å². The minimum Gasteiger partial charge on any atom is -0.493 e. The molecule has 2 amide bonds. The summed E-state index contributed by atoms with van der Waals surface area (Å²) in [7, 11) is 2.97. The molecule has 2 aromatic rings. The molecule has 0 radical (unpaired) electrons. The van der Waals surface area contributed by atoms with Gasteiger partial charge in [0.2, 0.25) is 0 Å². The molecular weight excluding hydrogens is 355 g/mol. The second-order valence-corrected chi connectivity index (χ2v) is 5.42. The highest BCUT2D eigenvalue weighted by Gasteiger charge is 2.15. The Bertz CT molecular complexity index is 781. The molecular formula is C16H14Cl2N2O4. The summed E-state index contributed by atoms with van der Waals surface area (Å²) in [6.45, 7) is 0. The summed E-state index contributed by atoms with van der Waals surface area (Å²) in [6.07, 6.45) is 0. The first kappa shape index (κ1) is 17.9. The minimum atomic E-state index is -0.844. The zero-order valence-electron chi connectivity index (χ0n) is 12.9. The Morgan fingerprint density at radius 2 is 1.33 bits per heavy atom. The van der Waals surface area contributed by atoms with Gasteiger partial charge in [-0.05, 0) is 30.3 Å². The van der Waals surface area contributed by atoms with Gasteiger partial charge in [0.25, 0.3) is 0 Å². The summed E-state index contributed by atoms with van der Waals surface area (Å²) in [6, 6.07) is 9.26. The van der Waals surface area contributed by atoms with Crippen LogP contribution in [0.15, 0.2) is 36.4 Å². The van der Waals surface area contributed by atoms with E-state index in [0.29, 0.717) is 27.9 Å². The summed E-state index contributed by atoms with van der Waals surface area (Å²) >= 11 is 11.7. The molecule has 0 spiro atoms. The van der Waals surface area contributed by atoms with Crippen molar-refractivity contribution in [3.63, 3.8) is 0 Å². The molecule has 2 N–H and O–H groups in total. The van der Waals surface area contributed by atoms with E-state index in [1.807, 2.05) is 0 Å². The molecule has 2 rings (SSSR count). The topological polar surface area (TPSA) is 76.7 Å². The van der Waals surface area contributed by atoms with Crippen LogP contribution in [0, 0.1) is 0 Å². The average molecular weight is 369 g/mol. The summed E-state index contributed by atoms with van der Waals surface area (Å²) in [5.41, 5.74) is 0.749. The number of rotatable bonds is 4. The van der Waals surface area contributed by atoms with Gasteiger partial charge >= 0.3 is 11.8 Å². The fourth-order valence-electron chi connectivity index (χ4n) is 1.86. The van der Waals surface area contributed by atoms with Gasteiger partial charge in [0.05, 0.1) is 24.3 Å². The monoisotopic (exact) mass is 368 g/mol. The van der Waals surface area contributed by atoms with Crippen LogP contribution in [0.3, 0.4) is 0 Å². The molecule has 8 heteroatoms. The van der Waals surface area contributed by atoms with Crippen LogP contribution in [-0.2, 0) is 9.59 Å². The lowest BCUT2D eigenvalue weighted by molar-refractivity contribution is -0.132. The van der Waals surface area contributed by atoms with Gasteiger partial charge in [0.1, 0.15) is 0 Å². The van der Waals surface area contributed by atoms with Crippen molar-refractivity contribution in [3.05, 3.63) is 46.4 Å². The van der Waals surface area contributed by atoms with Crippen LogP contribution >= 0.6 is 23.2 Å². The lowest BCUT2D eigenvalue weighted by atomic mass is 10.2. The molecule has 0 unspecified atom stereocenters. The summed E-state index contributed by atoms with van der Waals surface area (Å²) < 4.78 is 10.2. The third-order valence-corrected chi connectivity index (χ3v) is 3.76. The number of carbonyl (C=O) groups is 2. The summed E-state index contributed by atoms with van der Waals surface area (Å²) in [5, 5.41) is 5.52. The second-order valence-electron chi connectivity index (χ2n) is 4.61. The number of hydrogen-bond acceptors (Lipinski definition) is 4. The number of nitrogens with one attached hydrogen (secondary N) is 2. The first-order chi connectivity index (χ1) is 11.4. The van der Waals surface area contributed by atoms with Crippen molar-refractivity contribution in [2.45, 2.75) is 0 Å². The normalized spacial score (nSPS) is 10.0. The van der Waals surface area contributed by atoms with Gasteiger partial charge in [0, 0.05) is 17.4 Å². The number of ether oxygens (including phenoxy) is 2. The van der Waals surface area contributed by atoms with Gasteiger partial charge in [-0.3, -0.25) is 9.59 Å². The van der Waals surface area contributed by atoms with Crippen molar-refractivity contribution in [2.24, 2.45) is 0 Å². The largest absolute Gasteiger partial charge is 0.493 e. The van der Waals surface area contributed by atoms with Gasteiger partial charge in [-0.1, -0.05) is 23.2 Å². The third kappa shape index (κ3) is 4.31. The molecule has 0 aliphatic carbocycles. The lowest BCUT2D eigenvalue weighted by Gasteiger charge is -2.11. The van der Waals surface area contributed by atoms with E-state index in [0.717, 1.165) is 0 Å². The molecule has 0 aliphatic heterocycles. The van der Waals surface area contributed by atoms with E-state index in [1.165, 1.54) is 32.4 Å². The number of carbonyl (C=O) groups excluding carboxylic acids is 2. The Morgan fingerprint density at radius 1 is 0.792 bits per heavy atom. The van der Waals surface area contributed by atoms with Gasteiger partial charge in [-0.15, -0.1) is 0 Å². The molecule has 126 valence electrons. The molecule has 0 saturated heterocycles. The van der Waals surface area contributed by atoms with Gasteiger partial charge in [0.15, 0.2) is 11.5 Å². The number of hydrogen-bond donors (Lipinski definition) is 2. The molecule has 24 heavy (non-hydrogen) atoms. The van der Waals surface area contributed by atoms with Crippen molar-refractivity contribution in [1.29, 1.82) is 0 Å². The van der Waals surface area contributed by atoms with Crippen molar-refractivity contribution in [2.75, 3.05) is 24.9 Å². The van der Waals surface area contributed by atoms with E-state index in [1.54, 1.807) is 18.2 Å². The maximum Gasteiger partial charge on any atom is 0.314 e. The van der Waals surface area contributed by atoms with Crippen LogP contribution in [0.5, 0.6) is 11.5 Å². The fourth-order valence-corrected chi connectivity index (χ4v) is 2.16. The maximum absolute atomic E-state index is 12.0. The van der Waals surface area contributed by atoms with Crippen LogP contribution in [0.25, 0.3) is 0 Å². The second kappa shape index (κ2) is 7.90. The van der Waals surface area contributed by atoms with Crippen LogP contribution < -0.4 is 20.1 Å². The van der Waals surface area contributed by atoms with Crippen LogP contribution in [0.4, 0.5) is 11.4 Å². The Labute approximate surface area is 148 Å². The standard InChI is InChI=1S/C16H14Cl2N2O4/c1-23-13-6-4-10(8-14(13)24-2)20-16(22)15(21)19-9-3-5-11(17)12(18)7-9/h3-8H,1-2H3,(H,19,21)(H,20,22). The Morgan fingerprint density at radius 3 is 1.88 bits per heavy atom. The Kier molecular flexibility index (Phi) is 5.89. The highest BCUT2D eigenvalue weighted by Crippen LogP contribution is 2.29. The van der Waals surface area contributed by atoms with E-state index in [2.05, 4.69) is 10.6 Å². The lowest BCUT2D eigenvalue weighted by Crippen LogP contribution is -2.29. The maximum atomic E-state index is 12.0. The molecule has 0 aromatic heterocycles. The van der Waals surface area contributed by atoms with Crippen molar-refractivity contribution in [3.8, 4) is 11.5 Å². The zero-order chi connectivity index (χ0) is 17.7. The zero-order valence-corrected chi connectivity index (χ0v) is 14.4. The van der Waals surface area contributed by atoms with Crippen molar-refractivity contribution >= 4 is 46.4 Å². The van der Waals surface area contributed by atoms with E-state index in [-0.39, 0.29) is 5.02 Å². The van der Waals surface area contributed by atoms with Crippen LogP contribution in [-0.4, -0.2) is 26.0 Å². The summed E-state index contributed by atoms with van der Waals surface area (Å²) in [5.74, 6) is -0.743. The van der Waals surface area contributed by atoms with Crippen molar-refractivity contribution < 1.29 is 19.1 Å².